The van der Waals surface area contributed by atoms with Crippen LogP contribution in [0.15, 0.2) is 11.6 Å². The molecule has 1 saturated heterocycles. The van der Waals surface area contributed by atoms with Crippen molar-refractivity contribution in [2.75, 3.05) is 12.9 Å². The van der Waals surface area contributed by atoms with Gasteiger partial charge < -0.3 is 14.2 Å². The first-order valence-corrected chi connectivity index (χ1v) is 9.67. The van der Waals surface area contributed by atoms with E-state index in [9.17, 15) is 13.2 Å². The molecule has 23 heavy (non-hydrogen) atoms. The van der Waals surface area contributed by atoms with Crippen molar-refractivity contribution in [3.63, 3.8) is 0 Å². The van der Waals surface area contributed by atoms with Crippen LogP contribution in [-0.2, 0) is 33.3 Å². The van der Waals surface area contributed by atoms with Crippen molar-refractivity contribution in [2.45, 2.75) is 64.1 Å². The van der Waals surface area contributed by atoms with Crippen molar-refractivity contribution in [3.05, 3.63) is 11.6 Å². The van der Waals surface area contributed by atoms with Gasteiger partial charge in [-0.2, -0.15) is 8.42 Å². The maximum absolute atomic E-state index is 12.0. The predicted molar refractivity (Wildman–Crippen MR) is 82.1 cm³/mol. The molecule has 0 bridgehead atoms. The number of hydrogen-bond acceptors (Lipinski definition) is 7. The molecule has 0 unspecified atom stereocenters. The Kier molecular flexibility index (Phi) is 5.50. The van der Waals surface area contributed by atoms with Crippen LogP contribution in [0.1, 0.15) is 40.0 Å². The third-order valence-corrected chi connectivity index (χ3v) is 4.69. The van der Waals surface area contributed by atoms with Gasteiger partial charge in [0.05, 0.1) is 12.9 Å². The highest BCUT2D eigenvalue weighted by Crippen LogP contribution is 2.41. The minimum Gasteiger partial charge on any atom is -0.463 e. The number of fused-ring (bicyclic) bond motifs is 1. The van der Waals surface area contributed by atoms with Gasteiger partial charge in [0.2, 0.25) is 0 Å². The minimum absolute atomic E-state index is 0.111. The summed E-state index contributed by atoms with van der Waals surface area (Å²) in [5.74, 6) is -1.27. The van der Waals surface area contributed by atoms with E-state index < -0.39 is 40.2 Å². The third-order valence-electron chi connectivity index (χ3n) is 4.09. The molecule has 7 nitrogen and oxygen atoms in total. The monoisotopic (exact) mass is 348 g/mol. The molecule has 0 saturated carbocycles. The molecule has 0 aromatic carbocycles. The normalized spacial score (nSPS) is 29.7. The molecule has 2 rings (SSSR count). The van der Waals surface area contributed by atoms with E-state index in [2.05, 4.69) is 0 Å². The van der Waals surface area contributed by atoms with Crippen molar-refractivity contribution < 1.29 is 31.6 Å². The van der Waals surface area contributed by atoms with Gasteiger partial charge in [0.25, 0.3) is 10.1 Å². The number of ether oxygens (including phenoxy) is 3. The van der Waals surface area contributed by atoms with Gasteiger partial charge in [-0.25, -0.2) is 4.79 Å². The molecule has 0 aromatic rings. The molecule has 0 amide bonds. The maximum atomic E-state index is 12.0. The van der Waals surface area contributed by atoms with Gasteiger partial charge in [0.1, 0.15) is 18.3 Å². The topological polar surface area (TPSA) is 88.1 Å². The van der Waals surface area contributed by atoms with Gasteiger partial charge in [-0.15, -0.1) is 0 Å². The van der Waals surface area contributed by atoms with Crippen molar-refractivity contribution >= 4 is 16.1 Å². The van der Waals surface area contributed by atoms with Crippen molar-refractivity contribution in [2.24, 2.45) is 0 Å². The fraction of sp³-hybridized carbons (Fsp3) is 0.800. The lowest BCUT2D eigenvalue weighted by Crippen LogP contribution is -2.42. The molecule has 2 aliphatic rings. The first kappa shape index (κ1) is 18.4. The number of esters is 1. The van der Waals surface area contributed by atoms with Crippen molar-refractivity contribution in [1.29, 1.82) is 0 Å². The number of hydrogen-bond donors (Lipinski definition) is 0. The first-order chi connectivity index (χ1) is 10.7. The Bertz CT molecular complexity index is 577. The second-order valence-electron chi connectivity index (χ2n) is 5.74. The number of carbonyl (C=O) groups is 1. The molecule has 0 spiro atoms. The van der Waals surface area contributed by atoms with Crippen LogP contribution >= 0.6 is 0 Å². The van der Waals surface area contributed by atoms with Gasteiger partial charge in [0, 0.05) is 12.0 Å². The summed E-state index contributed by atoms with van der Waals surface area (Å²) in [6, 6.07) is 0. The van der Waals surface area contributed by atoms with E-state index in [4.69, 9.17) is 18.4 Å². The lowest BCUT2D eigenvalue weighted by Gasteiger charge is -2.29. The summed E-state index contributed by atoms with van der Waals surface area (Å²) in [6.45, 7) is 5.82. The zero-order valence-electron chi connectivity index (χ0n) is 13.9. The van der Waals surface area contributed by atoms with Crippen molar-refractivity contribution in [1.82, 2.24) is 0 Å². The highest BCUT2D eigenvalue weighted by molar-refractivity contribution is 7.86. The Hall–Kier alpha value is -0.960. The molecular weight excluding hydrogens is 324 g/mol. The van der Waals surface area contributed by atoms with Gasteiger partial charge in [-0.05, 0) is 25.8 Å². The fourth-order valence-electron chi connectivity index (χ4n) is 2.95. The summed E-state index contributed by atoms with van der Waals surface area (Å²) in [5.41, 5.74) is 0.355. The van der Waals surface area contributed by atoms with E-state index in [-0.39, 0.29) is 13.0 Å². The first-order valence-electron chi connectivity index (χ1n) is 7.85. The maximum Gasteiger partial charge on any atom is 0.333 e. The lowest BCUT2D eigenvalue weighted by molar-refractivity contribution is -0.182. The summed E-state index contributed by atoms with van der Waals surface area (Å²) in [5, 5.41) is 0. The van der Waals surface area contributed by atoms with E-state index >= 15 is 0 Å². The molecule has 8 heteroatoms. The summed E-state index contributed by atoms with van der Waals surface area (Å²) in [7, 11) is -3.69. The Morgan fingerprint density at radius 1 is 1.30 bits per heavy atom. The minimum atomic E-state index is -3.69. The molecule has 1 aliphatic carbocycles. The molecular formula is C15H24O7S. The number of rotatable bonds is 6. The zero-order valence-corrected chi connectivity index (χ0v) is 14.7. The molecule has 0 N–H and O–H groups in total. The highest BCUT2D eigenvalue weighted by Gasteiger charge is 2.51. The Morgan fingerprint density at radius 3 is 2.48 bits per heavy atom. The van der Waals surface area contributed by atoms with Crippen molar-refractivity contribution in [3.8, 4) is 0 Å². The second-order valence-corrected chi connectivity index (χ2v) is 7.34. The summed E-state index contributed by atoms with van der Waals surface area (Å²) in [4.78, 5) is 12.0. The Balaban J connectivity index is 2.30. The quantitative estimate of drug-likeness (QED) is 0.531. The van der Waals surface area contributed by atoms with Crippen LogP contribution in [0, 0.1) is 0 Å². The molecule has 1 heterocycles. The largest absolute Gasteiger partial charge is 0.463 e. The van der Waals surface area contributed by atoms with Crippen LogP contribution in [0.25, 0.3) is 0 Å². The van der Waals surface area contributed by atoms with Gasteiger partial charge in [-0.3, -0.25) is 4.18 Å². The summed E-state index contributed by atoms with van der Waals surface area (Å²) in [6.07, 6.45) is 2.08. The van der Waals surface area contributed by atoms with Crippen LogP contribution in [0.5, 0.6) is 0 Å². The van der Waals surface area contributed by atoms with Crippen LogP contribution < -0.4 is 0 Å². The van der Waals surface area contributed by atoms with Gasteiger partial charge in [-0.1, -0.05) is 13.8 Å². The SMILES string of the molecule is CCOC(=O)C1=C[C@@H]2OC(CC)(CC)O[C@@H]2[C@H](OS(C)(=O)=O)C1. The van der Waals surface area contributed by atoms with E-state index in [1.54, 1.807) is 13.0 Å². The van der Waals surface area contributed by atoms with Gasteiger partial charge >= 0.3 is 5.97 Å². The van der Waals surface area contributed by atoms with E-state index in [0.29, 0.717) is 18.4 Å². The second kappa shape index (κ2) is 6.88. The van der Waals surface area contributed by atoms with Gasteiger partial charge in [0.15, 0.2) is 5.79 Å². The molecule has 3 atom stereocenters. The lowest BCUT2D eigenvalue weighted by atomic mass is 9.92. The predicted octanol–water partition coefficient (Wildman–Crippen LogP) is 1.52. The Labute approximate surface area is 137 Å². The standard InChI is InChI=1S/C15H24O7S/c1-5-15(6-2)20-11-8-10(14(16)19-7-3)9-12(13(11)21-15)22-23(4,17)18/h8,11-13H,5-7,9H2,1-4H3/t11-,12+,13-/m0/s1. The molecule has 0 radical (unpaired) electrons. The summed E-state index contributed by atoms with van der Waals surface area (Å²) < 4.78 is 45.2. The highest BCUT2D eigenvalue weighted by atomic mass is 32.2. The smallest absolute Gasteiger partial charge is 0.333 e. The molecule has 0 aromatic heterocycles. The van der Waals surface area contributed by atoms with E-state index in [0.717, 1.165) is 6.26 Å². The molecule has 1 aliphatic heterocycles. The van der Waals surface area contributed by atoms with Crippen LogP contribution in [0.4, 0.5) is 0 Å². The third kappa shape index (κ3) is 4.12. The number of carbonyl (C=O) groups excluding carboxylic acids is 1. The van der Waals surface area contributed by atoms with E-state index in [1.807, 2.05) is 13.8 Å². The Morgan fingerprint density at radius 2 is 1.96 bits per heavy atom. The van der Waals surface area contributed by atoms with Crippen LogP contribution in [-0.4, -0.2) is 51.3 Å². The average molecular weight is 348 g/mol. The fourth-order valence-corrected chi connectivity index (χ4v) is 3.57. The van der Waals surface area contributed by atoms with Crippen LogP contribution in [0.3, 0.4) is 0 Å². The molecule has 1 fully saturated rings. The zero-order chi connectivity index (χ0) is 17.3. The van der Waals surface area contributed by atoms with Crippen LogP contribution in [0.2, 0.25) is 0 Å². The van der Waals surface area contributed by atoms with E-state index in [1.165, 1.54) is 0 Å². The molecule has 132 valence electrons. The summed E-state index contributed by atoms with van der Waals surface area (Å²) >= 11 is 0. The average Bonchev–Trinajstić information content (AvgIpc) is 2.85.